The van der Waals surface area contributed by atoms with E-state index >= 15 is 0 Å². The number of nitrogens with zero attached hydrogens (tertiary/aromatic N) is 1. The number of benzene rings is 3. The van der Waals surface area contributed by atoms with Crippen LogP contribution in [0.15, 0.2) is 72.8 Å². The van der Waals surface area contributed by atoms with Crippen molar-refractivity contribution >= 4 is 44.8 Å². The van der Waals surface area contributed by atoms with Gasteiger partial charge in [0, 0.05) is 12.1 Å². The van der Waals surface area contributed by atoms with E-state index in [9.17, 15) is 13.2 Å². The van der Waals surface area contributed by atoms with E-state index in [0.29, 0.717) is 30.9 Å². The lowest BCUT2D eigenvalue weighted by molar-refractivity contribution is 0.0901. The summed E-state index contributed by atoms with van der Waals surface area (Å²) < 4.78 is 31.5. The van der Waals surface area contributed by atoms with Crippen LogP contribution in [-0.4, -0.2) is 33.7 Å². The Balaban J connectivity index is 1.57. The van der Waals surface area contributed by atoms with E-state index in [2.05, 4.69) is 5.32 Å². The lowest BCUT2D eigenvalue weighted by Crippen LogP contribution is -2.30. The molecule has 174 valence electrons. The van der Waals surface area contributed by atoms with Gasteiger partial charge in [0.05, 0.1) is 41.7 Å². The first-order chi connectivity index (χ1) is 15.8. The molecule has 33 heavy (non-hydrogen) atoms. The highest BCUT2D eigenvalue weighted by atomic mass is 35.5. The number of para-hydroxylation sites is 1. The van der Waals surface area contributed by atoms with Gasteiger partial charge in [-0.15, -0.1) is 0 Å². The number of carbonyl (C=O) groups excluding carboxylic acids is 1. The van der Waals surface area contributed by atoms with Crippen LogP contribution in [0.25, 0.3) is 0 Å². The lowest BCUT2D eigenvalue weighted by atomic mass is 10.1. The Bertz CT molecular complexity index is 1170. The summed E-state index contributed by atoms with van der Waals surface area (Å²) in [4.78, 5) is 12.4. The molecule has 3 aromatic rings. The van der Waals surface area contributed by atoms with Crippen molar-refractivity contribution in [3.63, 3.8) is 0 Å². The lowest BCUT2D eigenvalue weighted by Gasteiger charge is -2.24. The third kappa shape index (κ3) is 7.20. The summed E-state index contributed by atoms with van der Waals surface area (Å²) in [5.74, 6) is -0.237. The molecule has 0 spiro atoms. The monoisotopic (exact) mass is 506 g/mol. The predicted molar refractivity (Wildman–Crippen MR) is 132 cm³/mol. The molecule has 0 aliphatic carbocycles. The molecule has 0 aliphatic rings. The number of nitrogens with one attached hydrogen (secondary N) is 1. The highest BCUT2D eigenvalue weighted by molar-refractivity contribution is 7.92. The highest BCUT2D eigenvalue weighted by Crippen LogP contribution is 2.35. The maximum absolute atomic E-state index is 12.4. The summed E-state index contributed by atoms with van der Waals surface area (Å²) >= 11 is 12.4. The Kier molecular flexibility index (Phi) is 8.74. The number of carbonyl (C=O) groups is 1. The van der Waals surface area contributed by atoms with Crippen LogP contribution in [0.4, 0.5) is 5.69 Å². The number of hydrogen-bond acceptors (Lipinski definition) is 4. The first kappa shape index (κ1) is 25.1. The smallest absolute Gasteiger partial charge is 0.251 e. The Morgan fingerprint density at radius 2 is 1.55 bits per heavy atom. The largest absolute Gasteiger partial charge is 0.375 e. The molecule has 3 aromatic carbocycles. The van der Waals surface area contributed by atoms with E-state index in [0.717, 1.165) is 16.1 Å². The van der Waals surface area contributed by atoms with Crippen molar-refractivity contribution in [2.24, 2.45) is 0 Å². The van der Waals surface area contributed by atoms with E-state index in [4.69, 9.17) is 27.9 Å². The zero-order valence-corrected chi connectivity index (χ0v) is 20.3. The van der Waals surface area contributed by atoms with Crippen molar-refractivity contribution in [1.82, 2.24) is 5.32 Å². The van der Waals surface area contributed by atoms with Crippen LogP contribution in [0.3, 0.4) is 0 Å². The predicted octanol–water partition coefficient (Wildman–Crippen LogP) is 4.91. The van der Waals surface area contributed by atoms with Crippen LogP contribution in [0.1, 0.15) is 21.5 Å². The molecule has 1 amide bonds. The van der Waals surface area contributed by atoms with E-state index in [1.807, 2.05) is 30.3 Å². The molecular weight excluding hydrogens is 483 g/mol. The van der Waals surface area contributed by atoms with E-state index in [1.165, 1.54) is 0 Å². The average Bonchev–Trinajstić information content (AvgIpc) is 2.78. The number of anilines is 1. The molecule has 0 aromatic heterocycles. The van der Waals surface area contributed by atoms with Crippen molar-refractivity contribution in [3.8, 4) is 0 Å². The Labute approximate surface area is 204 Å². The van der Waals surface area contributed by atoms with Gasteiger partial charge in [0.15, 0.2) is 0 Å². The van der Waals surface area contributed by atoms with Crippen LogP contribution in [0.5, 0.6) is 0 Å². The topological polar surface area (TPSA) is 75.7 Å². The third-order valence-corrected chi connectivity index (χ3v) is 6.50. The summed E-state index contributed by atoms with van der Waals surface area (Å²) in [5.41, 5.74) is 2.43. The van der Waals surface area contributed by atoms with Crippen LogP contribution < -0.4 is 9.62 Å². The van der Waals surface area contributed by atoms with Gasteiger partial charge in [-0.05, 0) is 35.4 Å². The van der Waals surface area contributed by atoms with Gasteiger partial charge in [0.2, 0.25) is 10.0 Å². The number of rotatable bonds is 10. The fourth-order valence-corrected chi connectivity index (χ4v) is 4.73. The number of amides is 1. The van der Waals surface area contributed by atoms with Gasteiger partial charge >= 0.3 is 0 Å². The van der Waals surface area contributed by atoms with Crippen molar-refractivity contribution < 1.29 is 17.9 Å². The molecule has 0 radical (unpaired) electrons. The second kappa shape index (κ2) is 11.5. The maximum Gasteiger partial charge on any atom is 0.251 e. The van der Waals surface area contributed by atoms with Crippen molar-refractivity contribution in [2.75, 3.05) is 23.7 Å². The summed E-state index contributed by atoms with van der Waals surface area (Å²) in [6, 6.07) is 21.3. The summed E-state index contributed by atoms with van der Waals surface area (Å²) in [6.45, 7) is 1.27. The molecule has 0 unspecified atom stereocenters. The minimum absolute atomic E-state index is 0.0253. The van der Waals surface area contributed by atoms with Crippen molar-refractivity contribution in [3.05, 3.63) is 99.5 Å². The highest BCUT2D eigenvalue weighted by Gasteiger charge is 2.23. The molecular formula is C24H24Cl2N2O4S. The Hall–Kier alpha value is -2.58. The molecule has 6 nitrogen and oxygen atoms in total. The number of halogens is 2. The first-order valence-electron chi connectivity index (χ1n) is 10.2. The minimum atomic E-state index is -3.65. The summed E-state index contributed by atoms with van der Waals surface area (Å²) in [6.07, 6.45) is 1.09. The van der Waals surface area contributed by atoms with E-state index < -0.39 is 10.0 Å². The SMILES string of the molecule is CS(=O)(=O)N(Cc1ccc(C(=O)NCCOCc2ccccc2)cc1)c1c(Cl)cccc1Cl. The molecule has 3 rings (SSSR count). The summed E-state index contributed by atoms with van der Waals surface area (Å²) in [7, 11) is -3.65. The van der Waals surface area contributed by atoms with Gasteiger partial charge in [-0.1, -0.05) is 71.7 Å². The second-order valence-corrected chi connectivity index (χ2v) is 10.1. The fourth-order valence-electron chi connectivity index (χ4n) is 3.12. The van der Waals surface area contributed by atoms with Gasteiger partial charge in [-0.25, -0.2) is 8.42 Å². The first-order valence-corrected chi connectivity index (χ1v) is 12.8. The third-order valence-electron chi connectivity index (χ3n) is 4.77. The number of hydrogen-bond donors (Lipinski definition) is 1. The zero-order chi connectivity index (χ0) is 23.8. The number of sulfonamides is 1. The van der Waals surface area contributed by atoms with Crippen LogP contribution in [0, 0.1) is 0 Å². The molecule has 0 fully saturated rings. The maximum atomic E-state index is 12.4. The van der Waals surface area contributed by atoms with E-state index in [1.54, 1.807) is 42.5 Å². The van der Waals surface area contributed by atoms with E-state index in [-0.39, 0.29) is 28.2 Å². The molecule has 0 atom stereocenters. The fraction of sp³-hybridized carbons (Fsp3) is 0.208. The van der Waals surface area contributed by atoms with Gasteiger partial charge in [0.25, 0.3) is 5.91 Å². The average molecular weight is 507 g/mol. The minimum Gasteiger partial charge on any atom is -0.375 e. The molecule has 9 heteroatoms. The van der Waals surface area contributed by atoms with Gasteiger partial charge < -0.3 is 10.1 Å². The number of ether oxygens (including phenoxy) is 1. The Morgan fingerprint density at radius 3 is 2.15 bits per heavy atom. The van der Waals surface area contributed by atoms with Gasteiger partial charge in [-0.2, -0.15) is 0 Å². The van der Waals surface area contributed by atoms with Crippen LogP contribution >= 0.6 is 23.2 Å². The molecule has 0 saturated carbocycles. The molecule has 0 heterocycles. The molecule has 0 aliphatic heterocycles. The second-order valence-electron chi connectivity index (χ2n) is 7.33. The van der Waals surface area contributed by atoms with Crippen LogP contribution in [-0.2, 0) is 27.9 Å². The molecule has 0 saturated heterocycles. The Morgan fingerprint density at radius 1 is 0.909 bits per heavy atom. The van der Waals surface area contributed by atoms with Gasteiger partial charge in [-0.3, -0.25) is 9.10 Å². The standard InChI is InChI=1S/C24H24Cl2N2O4S/c1-33(30,31)28(23-21(25)8-5-9-22(23)26)16-18-10-12-20(13-11-18)24(29)27-14-15-32-17-19-6-3-2-4-7-19/h2-13H,14-17H2,1H3,(H,27,29). The molecule has 0 bridgehead atoms. The zero-order valence-electron chi connectivity index (χ0n) is 18.0. The van der Waals surface area contributed by atoms with Gasteiger partial charge in [0.1, 0.15) is 0 Å². The van der Waals surface area contributed by atoms with Crippen molar-refractivity contribution in [1.29, 1.82) is 0 Å². The van der Waals surface area contributed by atoms with Crippen LogP contribution in [0.2, 0.25) is 10.0 Å². The summed E-state index contributed by atoms with van der Waals surface area (Å²) in [5, 5.41) is 3.27. The normalized spacial score (nSPS) is 11.2. The molecule has 1 N–H and O–H groups in total. The van der Waals surface area contributed by atoms with Crippen molar-refractivity contribution in [2.45, 2.75) is 13.2 Å². The quantitative estimate of drug-likeness (QED) is 0.396.